The van der Waals surface area contributed by atoms with Gasteiger partial charge in [0.05, 0.1) is 12.9 Å². The highest BCUT2D eigenvalue weighted by Gasteiger charge is 2.13. The zero-order chi connectivity index (χ0) is 18.4. The molecule has 0 aliphatic heterocycles. The summed E-state index contributed by atoms with van der Waals surface area (Å²) in [6, 6.07) is 11.8. The summed E-state index contributed by atoms with van der Waals surface area (Å²) in [6.07, 6.45) is 7.49. The number of anilines is 1. The van der Waals surface area contributed by atoms with Crippen LogP contribution in [-0.2, 0) is 17.8 Å². The van der Waals surface area contributed by atoms with E-state index in [1.807, 2.05) is 52.7 Å². The number of ether oxygens (including phenoxy) is 1. The smallest absolute Gasteiger partial charge is 0.221 e. The van der Waals surface area contributed by atoms with Gasteiger partial charge in [-0.3, -0.25) is 4.79 Å². The highest BCUT2D eigenvalue weighted by atomic mass is 32.1. The summed E-state index contributed by atoms with van der Waals surface area (Å²) in [5, 5.41) is 2.77. The van der Waals surface area contributed by atoms with Crippen molar-refractivity contribution in [1.82, 2.24) is 9.55 Å². The molecule has 0 aliphatic rings. The number of aryl methyl sites for hydroxylation is 2. The average Bonchev–Trinajstić information content (AvgIpc) is 3.25. The van der Waals surface area contributed by atoms with Crippen molar-refractivity contribution in [2.45, 2.75) is 39.3 Å². The molecule has 0 spiro atoms. The fraction of sp³-hybridized carbons (Fsp3) is 0.300. The fourth-order valence-corrected chi connectivity index (χ4v) is 3.66. The van der Waals surface area contributed by atoms with Gasteiger partial charge in [-0.1, -0.05) is 0 Å². The van der Waals surface area contributed by atoms with E-state index >= 15 is 0 Å². The number of hydrogen-bond donors (Lipinski definition) is 1. The van der Waals surface area contributed by atoms with E-state index in [9.17, 15) is 4.79 Å². The van der Waals surface area contributed by atoms with Crippen LogP contribution in [0, 0.1) is 6.92 Å². The second kappa shape index (κ2) is 8.67. The van der Waals surface area contributed by atoms with Crippen LogP contribution in [0.1, 0.15) is 23.1 Å². The van der Waals surface area contributed by atoms with Gasteiger partial charge in [0, 0.05) is 34.8 Å². The van der Waals surface area contributed by atoms with E-state index in [4.69, 9.17) is 4.74 Å². The number of rotatable bonds is 8. The molecule has 3 aromatic rings. The zero-order valence-electron chi connectivity index (χ0n) is 15.0. The van der Waals surface area contributed by atoms with Gasteiger partial charge in [0.15, 0.2) is 0 Å². The van der Waals surface area contributed by atoms with E-state index in [0.717, 1.165) is 30.8 Å². The number of carbonyl (C=O) groups is 1. The van der Waals surface area contributed by atoms with Crippen molar-refractivity contribution in [2.24, 2.45) is 0 Å². The number of hydrogen-bond acceptors (Lipinski definition) is 4. The molecular weight excluding hydrogens is 346 g/mol. The van der Waals surface area contributed by atoms with Gasteiger partial charge in [0.2, 0.25) is 5.91 Å². The third kappa shape index (κ3) is 5.46. The summed E-state index contributed by atoms with van der Waals surface area (Å²) < 4.78 is 8.26. The molecule has 26 heavy (non-hydrogen) atoms. The van der Waals surface area contributed by atoms with E-state index in [1.54, 1.807) is 6.20 Å². The van der Waals surface area contributed by atoms with Crippen molar-refractivity contribution < 1.29 is 9.53 Å². The van der Waals surface area contributed by atoms with Gasteiger partial charge in [0.25, 0.3) is 0 Å². The van der Waals surface area contributed by atoms with E-state index in [1.165, 1.54) is 16.7 Å². The summed E-state index contributed by atoms with van der Waals surface area (Å²) in [5.41, 5.74) is 0.769. The van der Waals surface area contributed by atoms with Crippen LogP contribution < -0.4 is 10.1 Å². The lowest BCUT2D eigenvalue weighted by molar-refractivity contribution is -0.114. The fourth-order valence-electron chi connectivity index (χ4n) is 2.75. The molecule has 0 saturated heterocycles. The minimum Gasteiger partial charge on any atom is -0.489 e. The molecule has 1 atom stereocenters. The number of aromatic nitrogens is 2. The normalized spacial score (nSPS) is 11.9. The Hall–Kier alpha value is -2.60. The van der Waals surface area contributed by atoms with Crippen LogP contribution in [0.4, 0.5) is 5.69 Å². The third-order valence-corrected chi connectivity index (χ3v) is 5.02. The van der Waals surface area contributed by atoms with Crippen LogP contribution in [0.5, 0.6) is 5.75 Å². The lowest BCUT2D eigenvalue weighted by Crippen LogP contribution is -2.23. The second-order valence-electron chi connectivity index (χ2n) is 6.26. The Balaban J connectivity index is 1.65. The number of thiophene rings is 1. The highest BCUT2D eigenvalue weighted by molar-refractivity contribution is 7.11. The molecule has 0 radical (unpaired) electrons. The van der Waals surface area contributed by atoms with Crippen LogP contribution in [0.15, 0.2) is 55.1 Å². The third-order valence-electron chi connectivity index (χ3n) is 3.96. The van der Waals surface area contributed by atoms with Gasteiger partial charge < -0.3 is 14.6 Å². The molecule has 0 bridgehead atoms. The number of imidazole rings is 1. The number of nitrogens with zero attached hydrogens (tertiary/aromatic N) is 2. The van der Waals surface area contributed by atoms with Crippen molar-refractivity contribution in [2.75, 3.05) is 5.32 Å². The molecule has 0 fully saturated rings. The predicted molar refractivity (Wildman–Crippen MR) is 105 cm³/mol. The van der Waals surface area contributed by atoms with Gasteiger partial charge in [-0.25, -0.2) is 4.98 Å². The predicted octanol–water partition coefficient (Wildman–Crippen LogP) is 4.29. The van der Waals surface area contributed by atoms with Crippen LogP contribution in [0.2, 0.25) is 0 Å². The minimum atomic E-state index is -0.0807. The van der Waals surface area contributed by atoms with Crippen LogP contribution in [0.3, 0.4) is 0 Å². The Labute approximate surface area is 157 Å². The van der Waals surface area contributed by atoms with Crippen molar-refractivity contribution in [3.05, 3.63) is 64.9 Å². The van der Waals surface area contributed by atoms with E-state index in [-0.39, 0.29) is 12.0 Å². The summed E-state index contributed by atoms with van der Waals surface area (Å²) in [7, 11) is 0. The van der Waals surface area contributed by atoms with Crippen LogP contribution >= 0.6 is 11.3 Å². The van der Waals surface area contributed by atoms with Crippen LogP contribution in [0.25, 0.3) is 0 Å². The lowest BCUT2D eigenvalue weighted by Gasteiger charge is -2.20. The molecular formula is C20H23N3O2S. The largest absolute Gasteiger partial charge is 0.489 e. The zero-order valence-corrected chi connectivity index (χ0v) is 15.8. The minimum absolute atomic E-state index is 0.0400. The lowest BCUT2D eigenvalue weighted by atomic mass is 10.1. The van der Waals surface area contributed by atoms with E-state index in [0.29, 0.717) is 0 Å². The summed E-state index contributed by atoms with van der Waals surface area (Å²) >= 11 is 1.84. The van der Waals surface area contributed by atoms with E-state index < -0.39 is 0 Å². The second-order valence-corrected chi connectivity index (χ2v) is 7.63. The Kier molecular flexibility index (Phi) is 6.07. The Bertz CT molecular complexity index is 825. The van der Waals surface area contributed by atoms with Gasteiger partial charge in [-0.15, -0.1) is 11.3 Å². The molecule has 0 aliphatic carbocycles. The molecule has 0 saturated carbocycles. The molecule has 136 valence electrons. The van der Waals surface area contributed by atoms with Crippen molar-refractivity contribution in [3.8, 4) is 5.75 Å². The average molecular weight is 369 g/mol. The summed E-state index contributed by atoms with van der Waals surface area (Å²) in [5.74, 6) is 0.717. The number of nitrogens with one attached hydrogen (secondary N) is 1. The first-order chi connectivity index (χ1) is 12.6. The molecule has 5 nitrogen and oxygen atoms in total. The molecule has 3 rings (SSSR count). The van der Waals surface area contributed by atoms with Crippen LogP contribution in [-0.4, -0.2) is 21.6 Å². The van der Waals surface area contributed by atoms with Crippen molar-refractivity contribution >= 4 is 22.9 Å². The standard InChI is InChI=1S/C20H23N3O2S/c1-15-3-9-20(26-15)10-8-19(13-23-12-11-21-14-23)25-18-6-4-17(5-7-18)22-16(2)24/h3-7,9,11-12,14,19H,8,10,13H2,1-2H3,(H,22,24). The quantitative estimate of drug-likeness (QED) is 0.644. The summed E-state index contributed by atoms with van der Waals surface area (Å²) in [6.45, 7) is 4.37. The van der Waals surface area contributed by atoms with Gasteiger partial charge in [0.1, 0.15) is 11.9 Å². The molecule has 1 N–H and O–H groups in total. The first-order valence-electron chi connectivity index (χ1n) is 8.64. The maximum Gasteiger partial charge on any atom is 0.221 e. The monoisotopic (exact) mass is 369 g/mol. The maximum absolute atomic E-state index is 11.1. The van der Waals surface area contributed by atoms with Crippen molar-refractivity contribution in [1.29, 1.82) is 0 Å². The molecule has 1 unspecified atom stereocenters. The molecule has 2 heterocycles. The molecule has 1 amide bonds. The molecule has 6 heteroatoms. The topological polar surface area (TPSA) is 56.1 Å². The van der Waals surface area contributed by atoms with Gasteiger partial charge >= 0.3 is 0 Å². The molecule has 2 aromatic heterocycles. The Morgan fingerprint density at radius 3 is 2.69 bits per heavy atom. The Morgan fingerprint density at radius 1 is 1.27 bits per heavy atom. The summed E-state index contributed by atoms with van der Waals surface area (Å²) in [4.78, 5) is 17.9. The maximum atomic E-state index is 11.1. The van der Waals surface area contributed by atoms with E-state index in [2.05, 4.69) is 29.4 Å². The Morgan fingerprint density at radius 2 is 2.08 bits per heavy atom. The van der Waals surface area contributed by atoms with Gasteiger partial charge in [-0.2, -0.15) is 0 Å². The first-order valence-corrected chi connectivity index (χ1v) is 9.45. The first kappa shape index (κ1) is 18.2. The highest BCUT2D eigenvalue weighted by Crippen LogP contribution is 2.21. The van der Waals surface area contributed by atoms with Crippen molar-refractivity contribution in [3.63, 3.8) is 0 Å². The number of carbonyl (C=O) groups excluding carboxylic acids is 1. The number of amides is 1. The van der Waals surface area contributed by atoms with Gasteiger partial charge in [-0.05, 0) is 56.2 Å². The SMILES string of the molecule is CC(=O)Nc1ccc(OC(CCc2ccc(C)s2)Cn2ccnc2)cc1. The number of benzene rings is 1. The molecule has 1 aromatic carbocycles.